The van der Waals surface area contributed by atoms with Crippen LogP contribution in [0, 0.1) is 0 Å². The summed E-state index contributed by atoms with van der Waals surface area (Å²) >= 11 is 0. The molecule has 2 N–H and O–H groups in total. The second-order valence-electron chi connectivity index (χ2n) is 4.47. The molecule has 1 heterocycles. The third kappa shape index (κ3) is 4.71. The van der Waals surface area contributed by atoms with Crippen LogP contribution in [0.4, 0.5) is 5.82 Å². The fraction of sp³-hybridized carbons (Fsp3) is 0.615. The molecule has 0 aliphatic rings. The molecule has 4 nitrogen and oxygen atoms in total. The Bertz CT molecular complexity index is 308. The summed E-state index contributed by atoms with van der Waals surface area (Å²) in [7, 11) is 4.20. The van der Waals surface area contributed by atoms with Gasteiger partial charge in [-0.05, 0) is 45.6 Å². The number of anilines is 1. The van der Waals surface area contributed by atoms with Crippen molar-refractivity contribution in [1.29, 1.82) is 0 Å². The van der Waals surface area contributed by atoms with E-state index < -0.39 is 0 Å². The Labute approximate surface area is 104 Å². The topological polar surface area (TPSA) is 45.4 Å². The Morgan fingerprint density at radius 2 is 2.00 bits per heavy atom. The maximum absolute atomic E-state index is 5.56. The molecule has 1 aromatic heterocycles. The number of nitrogens with zero attached hydrogens (tertiary/aromatic N) is 3. The number of hydrogen-bond donors (Lipinski definition) is 1. The van der Waals surface area contributed by atoms with E-state index in [4.69, 9.17) is 5.73 Å². The van der Waals surface area contributed by atoms with Crippen molar-refractivity contribution in [3.8, 4) is 0 Å². The van der Waals surface area contributed by atoms with Crippen LogP contribution < -0.4 is 10.6 Å². The number of hydrogen-bond acceptors (Lipinski definition) is 4. The van der Waals surface area contributed by atoms with Crippen molar-refractivity contribution in [3.63, 3.8) is 0 Å². The predicted molar refractivity (Wildman–Crippen MR) is 73.2 cm³/mol. The summed E-state index contributed by atoms with van der Waals surface area (Å²) in [6.07, 6.45) is 3.02. The minimum absolute atomic E-state index is 0.556. The number of aromatic nitrogens is 1. The molecule has 0 amide bonds. The monoisotopic (exact) mass is 236 g/mol. The maximum atomic E-state index is 5.56. The molecule has 1 aromatic rings. The van der Waals surface area contributed by atoms with E-state index >= 15 is 0 Å². The fourth-order valence-corrected chi connectivity index (χ4v) is 1.74. The van der Waals surface area contributed by atoms with E-state index in [1.807, 2.05) is 6.20 Å². The highest BCUT2D eigenvalue weighted by molar-refractivity contribution is 5.39. The van der Waals surface area contributed by atoms with Gasteiger partial charge in [0, 0.05) is 25.8 Å². The average Bonchev–Trinajstić information content (AvgIpc) is 2.34. The molecule has 0 saturated carbocycles. The summed E-state index contributed by atoms with van der Waals surface area (Å²) in [5.74, 6) is 1.04. The first-order chi connectivity index (χ1) is 8.17. The minimum atomic E-state index is 0.556. The van der Waals surface area contributed by atoms with Crippen molar-refractivity contribution >= 4 is 5.82 Å². The van der Waals surface area contributed by atoms with Crippen LogP contribution >= 0.6 is 0 Å². The first-order valence-corrected chi connectivity index (χ1v) is 6.22. The lowest BCUT2D eigenvalue weighted by Crippen LogP contribution is -2.27. The molecule has 0 radical (unpaired) electrons. The quantitative estimate of drug-likeness (QED) is 0.775. The molecular formula is C13H24N4. The minimum Gasteiger partial charge on any atom is -0.357 e. The van der Waals surface area contributed by atoms with Crippen LogP contribution in [0.2, 0.25) is 0 Å². The molecule has 17 heavy (non-hydrogen) atoms. The molecular weight excluding hydrogens is 212 g/mol. The third-order valence-electron chi connectivity index (χ3n) is 2.78. The SMILES string of the molecule is CCN(CCCN(C)C)c1ccc(CN)cn1. The Balaban J connectivity index is 2.53. The second-order valence-corrected chi connectivity index (χ2v) is 4.47. The summed E-state index contributed by atoms with van der Waals surface area (Å²) in [6, 6.07) is 4.11. The lowest BCUT2D eigenvalue weighted by molar-refractivity contribution is 0.400. The summed E-state index contributed by atoms with van der Waals surface area (Å²) in [4.78, 5) is 8.95. The Hall–Kier alpha value is -1.13. The van der Waals surface area contributed by atoms with Gasteiger partial charge in [0.2, 0.25) is 0 Å². The average molecular weight is 236 g/mol. The molecule has 96 valence electrons. The van der Waals surface area contributed by atoms with Crippen molar-refractivity contribution < 1.29 is 0 Å². The molecule has 0 unspecified atom stereocenters. The lowest BCUT2D eigenvalue weighted by Gasteiger charge is -2.22. The van der Waals surface area contributed by atoms with Crippen LogP contribution in [-0.4, -0.2) is 43.6 Å². The highest BCUT2D eigenvalue weighted by Gasteiger charge is 2.05. The van der Waals surface area contributed by atoms with E-state index in [1.165, 1.54) is 0 Å². The van der Waals surface area contributed by atoms with Crippen molar-refractivity contribution in [2.24, 2.45) is 5.73 Å². The summed E-state index contributed by atoms with van der Waals surface area (Å²) in [5.41, 5.74) is 6.64. The second kappa shape index (κ2) is 7.25. The van der Waals surface area contributed by atoms with Gasteiger partial charge < -0.3 is 15.5 Å². The van der Waals surface area contributed by atoms with Crippen LogP contribution in [0.3, 0.4) is 0 Å². The van der Waals surface area contributed by atoms with E-state index in [1.54, 1.807) is 0 Å². The first-order valence-electron chi connectivity index (χ1n) is 6.22. The summed E-state index contributed by atoms with van der Waals surface area (Å²) in [6.45, 7) is 5.86. The van der Waals surface area contributed by atoms with Crippen LogP contribution in [-0.2, 0) is 6.54 Å². The van der Waals surface area contributed by atoms with E-state index in [2.05, 4.69) is 47.9 Å². The van der Waals surface area contributed by atoms with Gasteiger partial charge in [-0.15, -0.1) is 0 Å². The van der Waals surface area contributed by atoms with E-state index in [0.717, 1.165) is 37.4 Å². The van der Waals surface area contributed by atoms with Gasteiger partial charge in [0.05, 0.1) is 0 Å². The van der Waals surface area contributed by atoms with Gasteiger partial charge in [0.1, 0.15) is 5.82 Å². The molecule has 0 bridgehead atoms. The highest BCUT2D eigenvalue weighted by atomic mass is 15.2. The molecule has 0 aliphatic carbocycles. The standard InChI is InChI=1S/C13H24N4/c1-4-17(9-5-8-16(2)3)13-7-6-12(10-14)11-15-13/h6-7,11H,4-5,8-10,14H2,1-3H3. The Morgan fingerprint density at radius 3 is 2.47 bits per heavy atom. The van der Waals surface area contributed by atoms with Crippen LogP contribution in [0.25, 0.3) is 0 Å². The number of rotatable bonds is 7. The predicted octanol–water partition coefficient (Wildman–Crippen LogP) is 1.32. The van der Waals surface area contributed by atoms with Crippen LogP contribution in [0.5, 0.6) is 0 Å². The van der Waals surface area contributed by atoms with E-state index in [0.29, 0.717) is 6.54 Å². The lowest BCUT2D eigenvalue weighted by atomic mass is 10.2. The Kier molecular flexibility index (Phi) is 5.94. The number of pyridine rings is 1. The zero-order chi connectivity index (χ0) is 12.7. The summed E-state index contributed by atoms with van der Waals surface area (Å²) < 4.78 is 0. The van der Waals surface area contributed by atoms with Crippen molar-refractivity contribution in [2.75, 3.05) is 38.6 Å². The highest BCUT2D eigenvalue weighted by Crippen LogP contribution is 2.11. The van der Waals surface area contributed by atoms with Gasteiger partial charge in [0.25, 0.3) is 0 Å². The summed E-state index contributed by atoms with van der Waals surface area (Å²) in [5, 5.41) is 0. The van der Waals surface area contributed by atoms with Crippen molar-refractivity contribution in [3.05, 3.63) is 23.9 Å². The molecule has 0 fully saturated rings. The maximum Gasteiger partial charge on any atom is 0.128 e. The molecule has 0 saturated heterocycles. The van der Waals surface area contributed by atoms with Gasteiger partial charge in [-0.3, -0.25) is 0 Å². The third-order valence-corrected chi connectivity index (χ3v) is 2.78. The Morgan fingerprint density at radius 1 is 1.24 bits per heavy atom. The molecule has 4 heteroatoms. The van der Waals surface area contributed by atoms with Crippen LogP contribution in [0.1, 0.15) is 18.9 Å². The largest absolute Gasteiger partial charge is 0.357 e. The van der Waals surface area contributed by atoms with Crippen molar-refractivity contribution in [1.82, 2.24) is 9.88 Å². The van der Waals surface area contributed by atoms with E-state index in [9.17, 15) is 0 Å². The number of nitrogens with two attached hydrogens (primary N) is 1. The fourth-order valence-electron chi connectivity index (χ4n) is 1.74. The van der Waals surface area contributed by atoms with Gasteiger partial charge in [-0.1, -0.05) is 6.07 Å². The molecule has 0 atom stereocenters. The molecule has 1 rings (SSSR count). The first kappa shape index (κ1) is 13.9. The van der Waals surface area contributed by atoms with Crippen molar-refractivity contribution in [2.45, 2.75) is 19.9 Å². The molecule has 0 aromatic carbocycles. The van der Waals surface area contributed by atoms with Gasteiger partial charge in [-0.25, -0.2) is 4.98 Å². The van der Waals surface area contributed by atoms with Crippen LogP contribution in [0.15, 0.2) is 18.3 Å². The van der Waals surface area contributed by atoms with Gasteiger partial charge >= 0.3 is 0 Å². The zero-order valence-corrected chi connectivity index (χ0v) is 11.2. The van der Waals surface area contributed by atoms with Gasteiger partial charge in [-0.2, -0.15) is 0 Å². The van der Waals surface area contributed by atoms with Gasteiger partial charge in [0.15, 0.2) is 0 Å². The smallest absolute Gasteiger partial charge is 0.128 e. The van der Waals surface area contributed by atoms with E-state index in [-0.39, 0.29) is 0 Å². The normalized spacial score (nSPS) is 10.9. The zero-order valence-electron chi connectivity index (χ0n) is 11.2. The molecule has 0 aliphatic heterocycles. The molecule has 0 spiro atoms.